The standard InChI is InChI=1S/C23H25IN4O5/c1-13-5-4-6-18(14(13)2)27-20(29)12-33-21-17(24)9-15(10-19(21)32-3)11-25-28-23(31)22(30)26-16-7-8-16/h4-6,9-11,16H,7-8,12H2,1-3H3,(H,26,30)(H,27,29)(H,28,31)/b25-11-. The van der Waals surface area contributed by atoms with Gasteiger partial charge in [0.25, 0.3) is 5.91 Å². The van der Waals surface area contributed by atoms with Crippen molar-refractivity contribution in [2.75, 3.05) is 19.0 Å². The zero-order chi connectivity index (χ0) is 24.0. The molecule has 0 atom stereocenters. The SMILES string of the molecule is COc1cc(/C=N\NC(=O)C(=O)NC2CC2)cc(I)c1OCC(=O)Nc1cccc(C)c1C. The lowest BCUT2D eigenvalue weighted by molar-refractivity contribution is -0.139. The van der Waals surface area contributed by atoms with Crippen molar-refractivity contribution in [3.63, 3.8) is 0 Å². The summed E-state index contributed by atoms with van der Waals surface area (Å²) in [5.74, 6) is -1.00. The smallest absolute Gasteiger partial charge is 0.329 e. The van der Waals surface area contributed by atoms with Gasteiger partial charge in [0, 0.05) is 11.7 Å². The molecular weight excluding hydrogens is 539 g/mol. The van der Waals surface area contributed by atoms with Gasteiger partial charge in [-0.3, -0.25) is 14.4 Å². The van der Waals surface area contributed by atoms with Crippen molar-refractivity contribution in [3.05, 3.63) is 50.6 Å². The number of methoxy groups -OCH3 is 1. The summed E-state index contributed by atoms with van der Waals surface area (Å²) < 4.78 is 11.8. The van der Waals surface area contributed by atoms with Crippen molar-refractivity contribution >= 4 is 52.2 Å². The van der Waals surface area contributed by atoms with Gasteiger partial charge in [0.05, 0.1) is 16.9 Å². The fraction of sp³-hybridized carbons (Fsp3) is 0.304. The second-order valence-electron chi connectivity index (χ2n) is 7.57. The van der Waals surface area contributed by atoms with Gasteiger partial charge >= 0.3 is 11.8 Å². The number of ether oxygens (including phenoxy) is 2. The molecule has 0 bridgehead atoms. The van der Waals surface area contributed by atoms with Crippen LogP contribution in [0.25, 0.3) is 0 Å². The number of nitrogens with zero attached hydrogens (tertiary/aromatic N) is 1. The Labute approximate surface area is 205 Å². The molecule has 0 unspecified atom stereocenters. The number of amides is 3. The van der Waals surface area contributed by atoms with Gasteiger partial charge in [0.2, 0.25) is 0 Å². The maximum atomic E-state index is 12.4. The van der Waals surface area contributed by atoms with Crippen LogP contribution in [0.3, 0.4) is 0 Å². The molecule has 0 aromatic heterocycles. The lowest BCUT2D eigenvalue weighted by atomic mass is 10.1. The van der Waals surface area contributed by atoms with E-state index in [-0.39, 0.29) is 18.6 Å². The van der Waals surface area contributed by atoms with Crippen LogP contribution in [-0.2, 0) is 14.4 Å². The number of hydrazone groups is 1. The van der Waals surface area contributed by atoms with Crippen LogP contribution in [0.1, 0.15) is 29.5 Å². The summed E-state index contributed by atoms with van der Waals surface area (Å²) in [6.07, 6.45) is 3.17. The highest BCUT2D eigenvalue weighted by molar-refractivity contribution is 14.1. The molecule has 1 fully saturated rings. The van der Waals surface area contributed by atoms with Crippen molar-refractivity contribution in [1.82, 2.24) is 10.7 Å². The first-order chi connectivity index (χ1) is 15.8. The zero-order valence-electron chi connectivity index (χ0n) is 18.5. The van der Waals surface area contributed by atoms with Crippen LogP contribution in [0.15, 0.2) is 35.4 Å². The second kappa shape index (κ2) is 11.1. The zero-order valence-corrected chi connectivity index (χ0v) is 20.7. The Morgan fingerprint density at radius 2 is 1.94 bits per heavy atom. The number of nitrogens with one attached hydrogen (secondary N) is 3. The lowest BCUT2D eigenvalue weighted by Gasteiger charge is -2.14. The molecule has 174 valence electrons. The summed E-state index contributed by atoms with van der Waals surface area (Å²) in [5.41, 5.74) is 5.64. The fourth-order valence-corrected chi connectivity index (χ4v) is 3.64. The van der Waals surface area contributed by atoms with Crippen molar-refractivity contribution in [3.8, 4) is 11.5 Å². The first-order valence-electron chi connectivity index (χ1n) is 10.3. The molecule has 33 heavy (non-hydrogen) atoms. The molecular formula is C23H25IN4O5. The van der Waals surface area contributed by atoms with Crippen molar-refractivity contribution < 1.29 is 23.9 Å². The molecule has 2 aromatic carbocycles. The van der Waals surface area contributed by atoms with E-state index in [1.165, 1.54) is 13.3 Å². The van der Waals surface area contributed by atoms with E-state index in [4.69, 9.17) is 9.47 Å². The van der Waals surface area contributed by atoms with Gasteiger partial charge in [0.1, 0.15) is 0 Å². The number of carbonyl (C=O) groups excluding carboxylic acids is 3. The van der Waals surface area contributed by atoms with E-state index < -0.39 is 11.8 Å². The normalized spacial score (nSPS) is 12.8. The van der Waals surface area contributed by atoms with Crippen LogP contribution < -0.4 is 25.5 Å². The molecule has 1 aliphatic rings. The van der Waals surface area contributed by atoms with Crippen molar-refractivity contribution in [1.29, 1.82) is 0 Å². The fourth-order valence-electron chi connectivity index (χ4n) is 2.86. The minimum atomic E-state index is -0.824. The van der Waals surface area contributed by atoms with Crippen LogP contribution in [0.2, 0.25) is 0 Å². The summed E-state index contributed by atoms with van der Waals surface area (Å²) in [6, 6.07) is 9.20. The predicted octanol–water partition coefficient (Wildman–Crippen LogP) is 2.66. The van der Waals surface area contributed by atoms with Crippen LogP contribution >= 0.6 is 22.6 Å². The molecule has 1 aliphatic carbocycles. The Morgan fingerprint density at radius 1 is 1.18 bits per heavy atom. The highest BCUT2D eigenvalue weighted by Gasteiger charge is 2.26. The number of anilines is 1. The summed E-state index contributed by atoms with van der Waals surface area (Å²) in [6.45, 7) is 3.73. The molecule has 9 nitrogen and oxygen atoms in total. The minimum absolute atomic E-state index is 0.0912. The number of rotatable bonds is 8. The largest absolute Gasteiger partial charge is 0.493 e. The van der Waals surface area contributed by atoms with E-state index in [0.29, 0.717) is 20.6 Å². The number of benzene rings is 2. The average molecular weight is 564 g/mol. The van der Waals surface area contributed by atoms with Gasteiger partial charge in [-0.25, -0.2) is 5.43 Å². The highest BCUT2D eigenvalue weighted by Crippen LogP contribution is 2.33. The van der Waals surface area contributed by atoms with Crippen molar-refractivity contribution in [2.45, 2.75) is 32.7 Å². The van der Waals surface area contributed by atoms with Crippen LogP contribution in [-0.4, -0.2) is 43.7 Å². The molecule has 0 heterocycles. The molecule has 3 N–H and O–H groups in total. The summed E-state index contributed by atoms with van der Waals surface area (Å²) in [5, 5.41) is 9.26. The number of aryl methyl sites for hydroxylation is 1. The van der Waals surface area contributed by atoms with Gasteiger partial charge < -0.3 is 20.1 Å². The number of halogens is 1. The molecule has 3 amide bonds. The second-order valence-corrected chi connectivity index (χ2v) is 8.73. The summed E-state index contributed by atoms with van der Waals surface area (Å²) in [4.78, 5) is 35.8. The Hall–Kier alpha value is -3.15. The first kappa shape index (κ1) is 24.5. The third kappa shape index (κ3) is 6.91. The molecule has 0 radical (unpaired) electrons. The molecule has 0 aliphatic heterocycles. The van der Waals surface area contributed by atoms with Crippen molar-refractivity contribution in [2.24, 2.45) is 5.10 Å². The molecule has 1 saturated carbocycles. The quantitative estimate of drug-likeness (QED) is 0.197. The van der Waals surface area contributed by atoms with E-state index >= 15 is 0 Å². The van der Waals surface area contributed by atoms with Crippen LogP contribution in [0.5, 0.6) is 11.5 Å². The first-order valence-corrected chi connectivity index (χ1v) is 11.4. The van der Waals surface area contributed by atoms with E-state index in [9.17, 15) is 14.4 Å². The third-order valence-corrected chi connectivity index (χ3v) is 5.78. The van der Waals surface area contributed by atoms with Crippen LogP contribution in [0, 0.1) is 17.4 Å². The Kier molecular flexibility index (Phi) is 8.26. The highest BCUT2D eigenvalue weighted by atomic mass is 127. The molecule has 10 heteroatoms. The Morgan fingerprint density at radius 3 is 2.64 bits per heavy atom. The van der Waals surface area contributed by atoms with Gasteiger partial charge in [0.15, 0.2) is 18.1 Å². The topological polar surface area (TPSA) is 118 Å². The average Bonchev–Trinajstić information content (AvgIpc) is 3.59. The maximum absolute atomic E-state index is 12.4. The monoisotopic (exact) mass is 564 g/mol. The Balaban J connectivity index is 1.60. The third-order valence-electron chi connectivity index (χ3n) is 4.98. The van der Waals surface area contributed by atoms with Crippen LogP contribution in [0.4, 0.5) is 5.69 Å². The van der Waals surface area contributed by atoms with E-state index in [1.807, 2.05) is 32.0 Å². The lowest BCUT2D eigenvalue weighted by Crippen LogP contribution is -2.38. The van der Waals surface area contributed by atoms with Gasteiger partial charge in [-0.2, -0.15) is 5.10 Å². The molecule has 0 saturated heterocycles. The van der Waals surface area contributed by atoms with Gasteiger partial charge in [-0.15, -0.1) is 0 Å². The number of carbonyl (C=O) groups is 3. The minimum Gasteiger partial charge on any atom is -0.493 e. The summed E-state index contributed by atoms with van der Waals surface area (Å²) >= 11 is 2.06. The number of hydrogen-bond acceptors (Lipinski definition) is 6. The summed E-state index contributed by atoms with van der Waals surface area (Å²) in [7, 11) is 1.49. The predicted molar refractivity (Wildman–Crippen MR) is 133 cm³/mol. The van der Waals surface area contributed by atoms with E-state index in [0.717, 1.165) is 29.7 Å². The van der Waals surface area contributed by atoms with E-state index in [2.05, 4.69) is 43.8 Å². The molecule has 2 aromatic rings. The Bertz CT molecular complexity index is 1100. The molecule has 0 spiro atoms. The number of hydrogen-bond donors (Lipinski definition) is 3. The van der Waals surface area contributed by atoms with Gasteiger partial charge in [-0.05, 0) is 84.2 Å². The molecule has 3 rings (SSSR count). The van der Waals surface area contributed by atoms with Gasteiger partial charge in [-0.1, -0.05) is 12.1 Å². The maximum Gasteiger partial charge on any atom is 0.329 e. The van der Waals surface area contributed by atoms with E-state index in [1.54, 1.807) is 12.1 Å².